The minimum atomic E-state index is -4.28. The maximum Gasteiger partial charge on any atom is 0.287 e. The van der Waals surface area contributed by atoms with Crippen molar-refractivity contribution in [1.29, 1.82) is 0 Å². The van der Waals surface area contributed by atoms with Crippen LogP contribution in [0.15, 0.2) is 72.1 Å². The third-order valence-electron chi connectivity index (χ3n) is 7.25. The van der Waals surface area contributed by atoms with Gasteiger partial charge in [0, 0.05) is 16.0 Å². The highest BCUT2D eigenvalue weighted by Gasteiger charge is 2.47. The minimum Gasteiger partial charge on any atom is -0.383 e. The van der Waals surface area contributed by atoms with Crippen LogP contribution in [0.5, 0.6) is 0 Å². The molecule has 1 aliphatic rings. The van der Waals surface area contributed by atoms with Crippen LogP contribution >= 0.6 is 11.6 Å². The number of halogens is 2. The molecule has 3 aromatic carbocycles. The molecule has 13 heteroatoms. The first-order valence-electron chi connectivity index (χ1n) is 12.6. The molecule has 0 bridgehead atoms. The smallest absolute Gasteiger partial charge is 0.287 e. The van der Waals surface area contributed by atoms with E-state index < -0.39 is 15.5 Å². The molecule has 0 radical (unpaired) electrons. The first-order valence-corrected chi connectivity index (χ1v) is 14.5. The van der Waals surface area contributed by atoms with Gasteiger partial charge >= 0.3 is 0 Å². The van der Waals surface area contributed by atoms with E-state index >= 15 is 0 Å². The number of aromatic nitrogens is 4. The van der Waals surface area contributed by atoms with Crippen molar-refractivity contribution in [3.8, 4) is 11.5 Å². The summed E-state index contributed by atoms with van der Waals surface area (Å²) in [6.45, 7) is 1.82. The Labute approximate surface area is 244 Å². The van der Waals surface area contributed by atoms with Gasteiger partial charge in [0.2, 0.25) is 5.91 Å². The van der Waals surface area contributed by atoms with Gasteiger partial charge in [0.25, 0.3) is 10.1 Å². The quantitative estimate of drug-likeness (QED) is 0.228. The molecule has 0 saturated carbocycles. The molecule has 0 aliphatic carbocycles. The monoisotopic (exact) mass is 604 g/mol. The highest BCUT2D eigenvalue weighted by atomic mass is 35.5. The van der Waals surface area contributed by atoms with Crippen molar-refractivity contribution in [1.82, 2.24) is 19.7 Å². The zero-order valence-corrected chi connectivity index (χ0v) is 23.5. The number of nitrogen functional groups attached to an aromatic ring is 1. The number of hydrogen-bond acceptors (Lipinski definition) is 7. The van der Waals surface area contributed by atoms with E-state index in [1.54, 1.807) is 72.3 Å². The number of anilines is 2. The number of benzene rings is 3. The number of rotatable bonds is 6. The van der Waals surface area contributed by atoms with E-state index in [2.05, 4.69) is 15.3 Å². The number of nitrogens with two attached hydrogens (primary N) is 1. The number of hydrogen-bond donors (Lipinski definition) is 3. The first kappa shape index (κ1) is 27.5. The standard InChI is InChI=1S/C29H22ClFN6O4S/c1-29(18-8-6-16(7-9-18)12-13-42(39,40)41)23-25(32)33-27(34-26(23)35-28(29)38)24-20-11-10-19(30)14-22(20)37(36-24)15-17-4-2-3-5-21(17)31/h2-14H,15H2,1H3,(H,39,40,41)(H3,32,33,34,35,38)/b13-12+. The second-order valence-corrected chi connectivity index (χ2v) is 11.7. The highest BCUT2D eigenvalue weighted by Crippen LogP contribution is 2.45. The van der Waals surface area contributed by atoms with Gasteiger partial charge < -0.3 is 11.1 Å². The molecular formula is C29H22ClFN6O4S. The number of nitrogens with zero attached hydrogens (tertiary/aromatic N) is 4. The average molecular weight is 605 g/mol. The first-order chi connectivity index (χ1) is 19.9. The van der Waals surface area contributed by atoms with E-state index in [0.717, 1.165) is 0 Å². The minimum absolute atomic E-state index is 0.0666. The molecule has 0 saturated heterocycles. The highest BCUT2D eigenvalue weighted by molar-refractivity contribution is 7.88. The molecule has 1 amide bonds. The van der Waals surface area contributed by atoms with Crippen molar-refractivity contribution in [3.63, 3.8) is 0 Å². The van der Waals surface area contributed by atoms with Crippen molar-refractivity contribution in [2.45, 2.75) is 18.9 Å². The number of amides is 1. The van der Waals surface area contributed by atoms with E-state index in [-0.39, 0.29) is 35.7 Å². The lowest BCUT2D eigenvalue weighted by Gasteiger charge is -2.23. The van der Waals surface area contributed by atoms with E-state index in [0.29, 0.717) is 49.3 Å². The molecule has 5 aromatic rings. The van der Waals surface area contributed by atoms with Crippen molar-refractivity contribution < 1.29 is 22.2 Å². The molecule has 212 valence electrons. The van der Waals surface area contributed by atoms with Crippen molar-refractivity contribution in [2.75, 3.05) is 11.1 Å². The average Bonchev–Trinajstić information content (AvgIpc) is 3.42. The molecule has 3 heterocycles. The van der Waals surface area contributed by atoms with Crippen molar-refractivity contribution in [3.05, 3.63) is 105 Å². The second kappa shape index (κ2) is 10.0. The van der Waals surface area contributed by atoms with Crippen LogP contribution in [-0.4, -0.2) is 38.6 Å². The van der Waals surface area contributed by atoms with E-state index in [1.807, 2.05) is 0 Å². The van der Waals surface area contributed by atoms with Crippen LogP contribution in [0.4, 0.5) is 16.0 Å². The Bertz CT molecular complexity index is 2050. The zero-order chi connectivity index (χ0) is 29.8. The predicted octanol–water partition coefficient (Wildman–Crippen LogP) is 5.03. The Hall–Kier alpha value is -4.65. The maximum atomic E-state index is 14.5. The van der Waals surface area contributed by atoms with Crippen LogP contribution in [-0.2, 0) is 26.9 Å². The summed E-state index contributed by atoms with van der Waals surface area (Å²) in [4.78, 5) is 22.5. The van der Waals surface area contributed by atoms with Gasteiger partial charge in [0.05, 0.1) is 23.0 Å². The molecule has 1 atom stereocenters. The Morgan fingerprint density at radius 3 is 2.57 bits per heavy atom. The van der Waals surface area contributed by atoms with Crippen molar-refractivity contribution >= 4 is 56.2 Å². The lowest BCUT2D eigenvalue weighted by molar-refractivity contribution is -0.119. The van der Waals surface area contributed by atoms with Gasteiger partial charge in [-0.3, -0.25) is 14.0 Å². The molecule has 6 rings (SSSR count). The Morgan fingerprint density at radius 2 is 1.86 bits per heavy atom. The number of carbonyl (C=O) groups excluding carboxylic acids is 1. The summed E-state index contributed by atoms with van der Waals surface area (Å²) in [5, 5.41) is 9.31. The molecular weight excluding hydrogens is 583 g/mol. The lowest BCUT2D eigenvalue weighted by Crippen LogP contribution is -2.32. The summed E-state index contributed by atoms with van der Waals surface area (Å²) >= 11 is 6.28. The molecule has 0 fully saturated rings. The molecule has 1 aliphatic heterocycles. The summed E-state index contributed by atoms with van der Waals surface area (Å²) in [7, 11) is -4.28. The summed E-state index contributed by atoms with van der Waals surface area (Å²) in [6.07, 6.45) is 1.23. The third-order valence-corrected chi connectivity index (χ3v) is 7.96. The Morgan fingerprint density at radius 1 is 1.12 bits per heavy atom. The van der Waals surface area contributed by atoms with Gasteiger partial charge in [-0.2, -0.15) is 13.5 Å². The van der Waals surface area contributed by atoms with Crippen LogP contribution < -0.4 is 11.1 Å². The van der Waals surface area contributed by atoms with Gasteiger partial charge in [-0.15, -0.1) is 0 Å². The third kappa shape index (κ3) is 4.79. The van der Waals surface area contributed by atoms with Crippen molar-refractivity contribution in [2.24, 2.45) is 0 Å². The summed E-state index contributed by atoms with van der Waals surface area (Å²) in [6, 6.07) is 18.1. The Kier molecular flexibility index (Phi) is 6.56. The van der Waals surface area contributed by atoms with E-state index in [1.165, 1.54) is 12.1 Å². The SMILES string of the molecule is CC1(c2ccc(/C=C/S(=O)(=O)O)cc2)C(=O)Nc2nc(-c3nn(Cc4ccccc4F)c4cc(Cl)ccc34)nc(N)c21. The molecule has 42 heavy (non-hydrogen) atoms. The number of carbonyl (C=O) groups is 1. The largest absolute Gasteiger partial charge is 0.383 e. The van der Waals surface area contributed by atoms with Crippen LogP contribution in [0.25, 0.3) is 28.5 Å². The number of nitrogens with one attached hydrogen (secondary N) is 1. The summed E-state index contributed by atoms with van der Waals surface area (Å²) < 4.78 is 47.1. The molecule has 1 unspecified atom stereocenters. The van der Waals surface area contributed by atoms with Gasteiger partial charge in [0.1, 0.15) is 28.6 Å². The van der Waals surface area contributed by atoms with Crippen LogP contribution in [0.2, 0.25) is 5.02 Å². The van der Waals surface area contributed by atoms with E-state index in [4.69, 9.17) is 27.0 Å². The van der Waals surface area contributed by atoms with Crippen LogP contribution in [0.1, 0.15) is 29.2 Å². The molecule has 0 spiro atoms. The van der Waals surface area contributed by atoms with Crippen LogP contribution in [0.3, 0.4) is 0 Å². The zero-order valence-electron chi connectivity index (χ0n) is 21.9. The van der Waals surface area contributed by atoms with Crippen LogP contribution in [0, 0.1) is 5.82 Å². The fraction of sp³-hybridized carbons (Fsp3) is 0.103. The topological polar surface area (TPSA) is 153 Å². The predicted molar refractivity (Wildman–Crippen MR) is 158 cm³/mol. The Balaban J connectivity index is 1.42. The second-order valence-electron chi connectivity index (χ2n) is 9.93. The number of fused-ring (bicyclic) bond motifs is 2. The maximum absolute atomic E-state index is 14.5. The summed E-state index contributed by atoms with van der Waals surface area (Å²) in [5.74, 6) is -0.282. The fourth-order valence-electron chi connectivity index (χ4n) is 5.10. The molecule has 2 aromatic heterocycles. The summed E-state index contributed by atoms with van der Waals surface area (Å²) in [5.41, 5.74) is 8.13. The molecule has 4 N–H and O–H groups in total. The fourth-order valence-corrected chi connectivity index (χ4v) is 5.60. The van der Waals surface area contributed by atoms with Gasteiger partial charge in [0.15, 0.2) is 5.82 Å². The van der Waals surface area contributed by atoms with Gasteiger partial charge in [-0.25, -0.2) is 14.4 Å². The lowest BCUT2D eigenvalue weighted by atomic mass is 9.77. The van der Waals surface area contributed by atoms with E-state index in [9.17, 15) is 17.6 Å². The van der Waals surface area contributed by atoms with Gasteiger partial charge in [-0.1, -0.05) is 54.1 Å². The normalized spacial score (nSPS) is 16.7. The molecule has 10 nitrogen and oxygen atoms in total. The van der Waals surface area contributed by atoms with Gasteiger partial charge in [-0.05, 0) is 48.4 Å².